The number of rotatable bonds is 6. The zero-order valence-corrected chi connectivity index (χ0v) is 19.5. The third-order valence-corrected chi connectivity index (χ3v) is 7.55. The number of benzene rings is 1. The van der Waals surface area contributed by atoms with Gasteiger partial charge in [-0.1, -0.05) is 25.5 Å². The van der Waals surface area contributed by atoms with E-state index in [1.165, 1.54) is 16.5 Å². The summed E-state index contributed by atoms with van der Waals surface area (Å²) in [5, 5.41) is 9.54. The first-order valence-corrected chi connectivity index (χ1v) is 12.4. The third-order valence-electron chi connectivity index (χ3n) is 6.53. The summed E-state index contributed by atoms with van der Waals surface area (Å²) >= 11 is 1.73. The number of nitrogens with zero attached hydrogens (tertiary/aromatic N) is 3. The molecule has 0 fully saturated rings. The third kappa shape index (κ3) is 4.08. The molecule has 0 spiro atoms. The molecule has 0 radical (unpaired) electrons. The molecule has 1 atom stereocenters. The number of carbonyl (C=O) groups excluding carboxylic acids is 2. The van der Waals surface area contributed by atoms with Crippen LogP contribution in [0.5, 0.6) is 0 Å². The largest absolute Gasteiger partial charge is 0.339 e. The summed E-state index contributed by atoms with van der Waals surface area (Å²) in [6, 6.07) is 7.93. The van der Waals surface area contributed by atoms with Gasteiger partial charge in [-0.3, -0.25) is 9.59 Å². The molecule has 1 N–H and O–H groups in total. The Morgan fingerprint density at radius 1 is 1.21 bits per heavy atom. The molecule has 2 amide bonds. The van der Waals surface area contributed by atoms with Crippen LogP contribution in [0.4, 0.5) is 4.39 Å². The number of halogens is 1. The molecule has 0 bridgehead atoms. The summed E-state index contributed by atoms with van der Waals surface area (Å²) in [4.78, 5) is 29.8. The summed E-state index contributed by atoms with van der Waals surface area (Å²) < 4.78 is 16.0. The highest BCUT2D eigenvalue weighted by Crippen LogP contribution is 2.29. The van der Waals surface area contributed by atoms with Crippen molar-refractivity contribution < 1.29 is 14.0 Å². The highest BCUT2D eigenvalue weighted by Gasteiger charge is 2.32. The Kier molecular flexibility index (Phi) is 6.01. The summed E-state index contributed by atoms with van der Waals surface area (Å²) in [7, 11) is 0. The van der Waals surface area contributed by atoms with Gasteiger partial charge in [-0.05, 0) is 61.2 Å². The number of hydrogen-bond acceptors (Lipinski definition) is 4. The van der Waals surface area contributed by atoms with Crippen LogP contribution in [-0.2, 0) is 30.6 Å². The van der Waals surface area contributed by atoms with Crippen LogP contribution in [-0.4, -0.2) is 39.1 Å². The predicted octanol–water partition coefficient (Wildman–Crippen LogP) is 4.05. The van der Waals surface area contributed by atoms with Crippen LogP contribution < -0.4 is 5.32 Å². The highest BCUT2D eigenvalue weighted by atomic mass is 32.1. The van der Waals surface area contributed by atoms with Crippen molar-refractivity contribution in [2.24, 2.45) is 0 Å². The summed E-state index contributed by atoms with van der Waals surface area (Å²) in [6.07, 6.45) is 4.57. The molecule has 1 unspecified atom stereocenters. The lowest BCUT2D eigenvalue weighted by Crippen LogP contribution is -2.49. The van der Waals surface area contributed by atoms with Gasteiger partial charge in [0.05, 0.1) is 0 Å². The zero-order chi connectivity index (χ0) is 22.9. The highest BCUT2D eigenvalue weighted by molar-refractivity contribution is 7.10. The van der Waals surface area contributed by atoms with Crippen molar-refractivity contribution in [2.45, 2.75) is 58.0 Å². The van der Waals surface area contributed by atoms with Crippen molar-refractivity contribution in [3.8, 4) is 5.69 Å². The monoisotopic (exact) mass is 466 g/mol. The Hall–Kier alpha value is -3.00. The molecule has 1 aliphatic heterocycles. The van der Waals surface area contributed by atoms with Crippen LogP contribution >= 0.6 is 11.3 Å². The van der Waals surface area contributed by atoms with Crippen LogP contribution in [0, 0.1) is 5.82 Å². The van der Waals surface area contributed by atoms with E-state index in [1.807, 2.05) is 11.8 Å². The molecular weight excluding hydrogens is 439 g/mol. The minimum Gasteiger partial charge on any atom is -0.339 e. The van der Waals surface area contributed by atoms with Crippen molar-refractivity contribution in [3.63, 3.8) is 0 Å². The maximum absolute atomic E-state index is 14.4. The number of amides is 2. The normalized spacial score (nSPS) is 15.8. The number of thiophene rings is 1. The van der Waals surface area contributed by atoms with Crippen LogP contribution in [0.15, 0.2) is 35.7 Å². The van der Waals surface area contributed by atoms with E-state index in [-0.39, 0.29) is 17.6 Å². The predicted molar refractivity (Wildman–Crippen MR) is 125 cm³/mol. The van der Waals surface area contributed by atoms with Gasteiger partial charge in [-0.15, -0.1) is 11.3 Å². The van der Waals surface area contributed by atoms with Gasteiger partial charge in [0.15, 0.2) is 5.69 Å². The molecule has 33 heavy (non-hydrogen) atoms. The van der Waals surface area contributed by atoms with Gasteiger partial charge in [0.25, 0.3) is 5.91 Å². The molecule has 3 aromatic rings. The van der Waals surface area contributed by atoms with Crippen LogP contribution in [0.1, 0.15) is 58.4 Å². The molecule has 2 aliphatic rings. The average molecular weight is 467 g/mol. The van der Waals surface area contributed by atoms with E-state index in [4.69, 9.17) is 0 Å². The van der Waals surface area contributed by atoms with Crippen LogP contribution in [0.2, 0.25) is 0 Å². The van der Waals surface area contributed by atoms with Crippen molar-refractivity contribution in [1.29, 1.82) is 0 Å². The quantitative estimate of drug-likeness (QED) is 0.596. The smallest absolute Gasteiger partial charge is 0.272 e. The zero-order valence-electron chi connectivity index (χ0n) is 18.6. The topological polar surface area (TPSA) is 67.2 Å². The number of aromatic nitrogens is 2. The molecule has 8 heteroatoms. The van der Waals surface area contributed by atoms with Gasteiger partial charge in [0.2, 0.25) is 5.91 Å². The Morgan fingerprint density at radius 3 is 2.88 bits per heavy atom. The van der Waals surface area contributed by atoms with Gasteiger partial charge in [0.1, 0.15) is 17.5 Å². The molecule has 1 aromatic carbocycles. The Bertz CT molecular complexity index is 1200. The van der Waals surface area contributed by atoms with Crippen molar-refractivity contribution in [3.05, 3.63) is 68.9 Å². The van der Waals surface area contributed by atoms with Crippen molar-refractivity contribution >= 4 is 23.2 Å². The fraction of sp³-hybridized carbons (Fsp3) is 0.400. The van der Waals surface area contributed by atoms with Gasteiger partial charge >= 0.3 is 0 Å². The molecule has 0 saturated heterocycles. The Morgan fingerprint density at radius 2 is 2.06 bits per heavy atom. The summed E-state index contributed by atoms with van der Waals surface area (Å²) in [5.74, 6) is -0.783. The first-order chi connectivity index (χ1) is 16.1. The minimum atomic E-state index is -0.599. The van der Waals surface area contributed by atoms with E-state index in [0.29, 0.717) is 30.9 Å². The van der Waals surface area contributed by atoms with Gasteiger partial charge < -0.3 is 10.2 Å². The van der Waals surface area contributed by atoms with E-state index in [1.54, 1.807) is 34.2 Å². The second kappa shape index (κ2) is 9.09. The molecule has 2 aromatic heterocycles. The Balaban J connectivity index is 1.38. The molecular formula is C25H27FN4O2S. The number of para-hydroxylation sites is 1. The van der Waals surface area contributed by atoms with Crippen molar-refractivity contribution in [2.75, 3.05) is 6.54 Å². The van der Waals surface area contributed by atoms with Crippen LogP contribution in [0.3, 0.4) is 0 Å². The first kappa shape index (κ1) is 21.8. The fourth-order valence-electron chi connectivity index (χ4n) is 4.87. The maximum Gasteiger partial charge on any atom is 0.272 e. The minimum absolute atomic E-state index is 0.0489. The standard InChI is InChI=1S/C25H27FN4O2S/c1-2-6-19(25(32)29-13-11-22-16(15-29)12-14-33-22)27-24(31)23-17-7-5-10-20(17)30(28-23)21-9-4-3-8-18(21)26/h3-4,8-9,12,14,19H,2,5-7,10-11,13,15H2,1H3,(H,27,31). The second-order valence-corrected chi connectivity index (χ2v) is 9.68. The van der Waals surface area contributed by atoms with E-state index in [9.17, 15) is 14.0 Å². The Labute approximate surface area is 196 Å². The summed E-state index contributed by atoms with van der Waals surface area (Å²) in [6.45, 7) is 3.26. The molecule has 1 aliphatic carbocycles. The number of hydrogen-bond donors (Lipinski definition) is 1. The molecule has 0 saturated carbocycles. The average Bonchev–Trinajstić information content (AvgIpc) is 3.55. The van der Waals surface area contributed by atoms with E-state index < -0.39 is 6.04 Å². The lowest BCUT2D eigenvalue weighted by Gasteiger charge is -2.30. The van der Waals surface area contributed by atoms with Crippen molar-refractivity contribution in [1.82, 2.24) is 20.0 Å². The summed E-state index contributed by atoms with van der Waals surface area (Å²) in [5.41, 5.74) is 3.58. The van der Waals surface area contributed by atoms with Gasteiger partial charge in [0, 0.05) is 29.2 Å². The number of fused-ring (bicyclic) bond motifs is 2. The first-order valence-electron chi connectivity index (χ1n) is 11.6. The number of nitrogens with one attached hydrogen (secondary N) is 1. The molecule has 5 rings (SSSR count). The van der Waals surface area contributed by atoms with Crippen LogP contribution in [0.25, 0.3) is 5.69 Å². The van der Waals surface area contributed by atoms with E-state index in [0.717, 1.165) is 43.4 Å². The fourth-order valence-corrected chi connectivity index (χ4v) is 5.76. The number of carbonyl (C=O) groups is 2. The molecule has 3 heterocycles. The van der Waals surface area contributed by atoms with Gasteiger partial charge in [-0.25, -0.2) is 9.07 Å². The van der Waals surface area contributed by atoms with Gasteiger partial charge in [-0.2, -0.15) is 5.10 Å². The lowest BCUT2D eigenvalue weighted by molar-refractivity contribution is -0.134. The maximum atomic E-state index is 14.4. The second-order valence-electron chi connectivity index (χ2n) is 8.68. The lowest BCUT2D eigenvalue weighted by atomic mass is 10.1. The van der Waals surface area contributed by atoms with E-state index in [2.05, 4.69) is 21.9 Å². The molecule has 172 valence electrons. The SMILES string of the molecule is CCCC(NC(=O)c1nn(-c2ccccc2F)c2c1CCC2)C(=O)N1CCc2sccc2C1. The molecule has 6 nitrogen and oxygen atoms in total. The van der Waals surface area contributed by atoms with E-state index >= 15 is 0 Å².